The Morgan fingerprint density at radius 1 is 1.05 bits per heavy atom. The van der Waals surface area contributed by atoms with Crippen molar-refractivity contribution in [2.75, 3.05) is 6.54 Å². The van der Waals surface area contributed by atoms with Crippen LogP contribution in [0.5, 0.6) is 0 Å². The van der Waals surface area contributed by atoms with E-state index in [-0.39, 0.29) is 12.0 Å². The first-order valence-electron chi connectivity index (χ1n) is 7.62. The Labute approximate surface area is 125 Å². The summed E-state index contributed by atoms with van der Waals surface area (Å²) in [5, 5.41) is 3.18. The summed E-state index contributed by atoms with van der Waals surface area (Å²) in [6, 6.07) is 5.77. The number of halogens is 3. The Kier molecular flexibility index (Phi) is 6.72. The van der Waals surface area contributed by atoms with Gasteiger partial charge in [-0.3, -0.25) is 0 Å². The van der Waals surface area contributed by atoms with Crippen molar-refractivity contribution in [2.45, 2.75) is 59.2 Å². The highest BCUT2D eigenvalue weighted by Crippen LogP contribution is 2.32. The summed E-state index contributed by atoms with van der Waals surface area (Å²) in [4.78, 5) is 0. The zero-order valence-corrected chi connectivity index (χ0v) is 13.2. The van der Waals surface area contributed by atoms with Crippen molar-refractivity contribution in [1.82, 2.24) is 5.32 Å². The average molecular weight is 301 g/mol. The van der Waals surface area contributed by atoms with Gasteiger partial charge in [-0.1, -0.05) is 58.2 Å². The van der Waals surface area contributed by atoms with Crippen molar-refractivity contribution in [1.29, 1.82) is 0 Å². The van der Waals surface area contributed by atoms with E-state index in [9.17, 15) is 13.2 Å². The molecule has 1 rings (SSSR count). The zero-order valence-electron chi connectivity index (χ0n) is 13.2. The van der Waals surface area contributed by atoms with E-state index in [4.69, 9.17) is 0 Å². The van der Waals surface area contributed by atoms with E-state index in [1.807, 2.05) is 0 Å². The highest BCUT2D eigenvalue weighted by Gasteiger charge is 2.32. The van der Waals surface area contributed by atoms with Crippen molar-refractivity contribution in [2.24, 2.45) is 5.41 Å². The lowest BCUT2D eigenvalue weighted by Crippen LogP contribution is -2.29. The Balaban J connectivity index is 2.53. The third-order valence-corrected chi connectivity index (χ3v) is 3.70. The van der Waals surface area contributed by atoms with Crippen LogP contribution >= 0.6 is 0 Å². The first kappa shape index (κ1) is 18.0. The van der Waals surface area contributed by atoms with Crippen LogP contribution in [0.15, 0.2) is 24.3 Å². The van der Waals surface area contributed by atoms with Crippen LogP contribution in [-0.4, -0.2) is 6.54 Å². The molecule has 0 saturated carbocycles. The number of hydrogen-bond donors (Lipinski definition) is 1. The Bertz CT molecular complexity index is 424. The van der Waals surface area contributed by atoms with Crippen LogP contribution in [0.25, 0.3) is 0 Å². The summed E-state index contributed by atoms with van der Waals surface area (Å²) in [6.45, 7) is 7.46. The molecule has 0 aliphatic heterocycles. The van der Waals surface area contributed by atoms with Crippen LogP contribution in [-0.2, 0) is 12.7 Å². The van der Waals surface area contributed by atoms with Crippen molar-refractivity contribution in [3.63, 3.8) is 0 Å². The van der Waals surface area contributed by atoms with E-state index in [1.54, 1.807) is 12.1 Å². The third-order valence-electron chi connectivity index (χ3n) is 3.70. The topological polar surface area (TPSA) is 12.0 Å². The molecule has 120 valence electrons. The lowest BCUT2D eigenvalue weighted by molar-refractivity contribution is -0.138. The molecule has 0 aromatic heterocycles. The Morgan fingerprint density at radius 3 is 2.33 bits per heavy atom. The largest absolute Gasteiger partial charge is 0.416 e. The smallest absolute Gasteiger partial charge is 0.312 e. The molecule has 0 saturated heterocycles. The van der Waals surface area contributed by atoms with Gasteiger partial charge in [0, 0.05) is 13.1 Å². The van der Waals surface area contributed by atoms with Gasteiger partial charge in [0.15, 0.2) is 0 Å². The fraction of sp³-hybridized carbons (Fsp3) is 0.647. The van der Waals surface area contributed by atoms with Gasteiger partial charge in [0.1, 0.15) is 0 Å². The maximum absolute atomic E-state index is 12.9. The lowest BCUT2D eigenvalue weighted by Gasteiger charge is -2.25. The molecule has 0 bridgehead atoms. The highest BCUT2D eigenvalue weighted by molar-refractivity contribution is 5.29. The van der Waals surface area contributed by atoms with Crippen molar-refractivity contribution >= 4 is 0 Å². The van der Waals surface area contributed by atoms with Crippen molar-refractivity contribution in [3.05, 3.63) is 35.4 Å². The first-order chi connectivity index (χ1) is 9.76. The second kappa shape index (κ2) is 7.83. The molecule has 0 aliphatic carbocycles. The number of benzene rings is 1. The predicted molar refractivity (Wildman–Crippen MR) is 81.1 cm³/mol. The average Bonchev–Trinajstić information content (AvgIpc) is 2.38. The molecule has 0 aliphatic rings. The third kappa shape index (κ3) is 6.51. The SMILES string of the molecule is CCCCCC(C)(C)CNCc1ccccc1C(F)(F)F. The van der Waals surface area contributed by atoms with Crippen LogP contribution in [0.1, 0.15) is 57.6 Å². The van der Waals surface area contributed by atoms with Gasteiger partial charge in [0.05, 0.1) is 5.56 Å². The maximum Gasteiger partial charge on any atom is 0.416 e. The van der Waals surface area contributed by atoms with Gasteiger partial charge in [0.25, 0.3) is 0 Å². The quantitative estimate of drug-likeness (QED) is 0.634. The van der Waals surface area contributed by atoms with E-state index in [2.05, 4.69) is 26.1 Å². The fourth-order valence-corrected chi connectivity index (χ4v) is 2.43. The number of unbranched alkanes of at least 4 members (excludes halogenated alkanes) is 2. The summed E-state index contributed by atoms with van der Waals surface area (Å²) in [7, 11) is 0. The van der Waals surface area contributed by atoms with Gasteiger partial charge in [-0.05, 0) is 23.5 Å². The molecule has 0 amide bonds. The van der Waals surface area contributed by atoms with Gasteiger partial charge >= 0.3 is 6.18 Å². The van der Waals surface area contributed by atoms with Crippen molar-refractivity contribution in [3.8, 4) is 0 Å². The Hall–Kier alpha value is -1.03. The Morgan fingerprint density at radius 2 is 1.71 bits per heavy atom. The standard InChI is InChI=1S/C17H26F3N/c1-4-5-8-11-16(2,3)13-21-12-14-9-6-7-10-15(14)17(18,19)20/h6-7,9-10,21H,4-5,8,11-13H2,1-3H3. The molecular weight excluding hydrogens is 275 g/mol. The van der Waals surface area contributed by atoms with Gasteiger partial charge in [-0.25, -0.2) is 0 Å². The van der Waals surface area contributed by atoms with Crippen LogP contribution in [0.4, 0.5) is 13.2 Å². The molecule has 0 unspecified atom stereocenters. The molecule has 4 heteroatoms. The minimum atomic E-state index is -4.28. The molecule has 1 aromatic rings. The van der Waals surface area contributed by atoms with Gasteiger partial charge in [-0.15, -0.1) is 0 Å². The molecule has 1 aromatic carbocycles. The summed E-state index contributed by atoms with van der Waals surface area (Å²) in [5.41, 5.74) is -0.113. The molecule has 21 heavy (non-hydrogen) atoms. The fourth-order valence-electron chi connectivity index (χ4n) is 2.43. The lowest BCUT2D eigenvalue weighted by atomic mass is 9.87. The number of nitrogens with one attached hydrogen (secondary N) is 1. The second-order valence-corrected chi connectivity index (χ2v) is 6.38. The molecule has 1 N–H and O–H groups in total. The van der Waals surface area contributed by atoms with Gasteiger partial charge < -0.3 is 5.32 Å². The van der Waals surface area contributed by atoms with Crippen LogP contribution in [0, 0.1) is 5.41 Å². The molecule has 0 radical (unpaired) electrons. The van der Waals surface area contributed by atoms with E-state index in [1.165, 1.54) is 25.3 Å². The number of rotatable bonds is 8. The maximum atomic E-state index is 12.9. The summed E-state index contributed by atoms with van der Waals surface area (Å²) in [6.07, 6.45) is 0.372. The van der Waals surface area contributed by atoms with Gasteiger partial charge in [-0.2, -0.15) is 13.2 Å². The summed E-state index contributed by atoms with van der Waals surface area (Å²) < 4.78 is 38.7. The highest BCUT2D eigenvalue weighted by atomic mass is 19.4. The number of alkyl halides is 3. The number of hydrogen-bond acceptors (Lipinski definition) is 1. The second-order valence-electron chi connectivity index (χ2n) is 6.38. The predicted octanol–water partition coefficient (Wildman–Crippen LogP) is 5.40. The normalized spacial score (nSPS) is 12.7. The molecule has 0 spiro atoms. The van der Waals surface area contributed by atoms with Crippen LogP contribution in [0.2, 0.25) is 0 Å². The zero-order chi connectivity index (χ0) is 15.9. The molecule has 0 heterocycles. The molecule has 0 fully saturated rings. The molecule has 0 atom stereocenters. The van der Waals surface area contributed by atoms with Crippen LogP contribution < -0.4 is 5.32 Å². The minimum Gasteiger partial charge on any atom is -0.312 e. The van der Waals surface area contributed by atoms with Crippen LogP contribution in [0.3, 0.4) is 0 Å². The molecule has 1 nitrogen and oxygen atoms in total. The van der Waals surface area contributed by atoms with Gasteiger partial charge in [0.2, 0.25) is 0 Å². The molecular formula is C17H26F3N. The monoisotopic (exact) mass is 301 g/mol. The van der Waals surface area contributed by atoms with E-state index < -0.39 is 11.7 Å². The minimum absolute atomic E-state index is 0.113. The summed E-state index contributed by atoms with van der Waals surface area (Å²) >= 11 is 0. The first-order valence-corrected chi connectivity index (χ1v) is 7.62. The van der Waals surface area contributed by atoms with E-state index in [0.717, 1.165) is 19.0 Å². The van der Waals surface area contributed by atoms with E-state index >= 15 is 0 Å². The summed E-state index contributed by atoms with van der Waals surface area (Å²) in [5.74, 6) is 0. The van der Waals surface area contributed by atoms with E-state index in [0.29, 0.717) is 5.56 Å². The van der Waals surface area contributed by atoms with Crippen molar-refractivity contribution < 1.29 is 13.2 Å².